The minimum Gasteiger partial charge on any atom is -0.352 e. The number of nitrogens with one attached hydrogen (secondary N) is 1. The summed E-state index contributed by atoms with van der Waals surface area (Å²) in [5.41, 5.74) is 3.76. The molecule has 4 rings (SSSR count). The molecule has 0 aliphatic heterocycles. The highest BCUT2D eigenvalue weighted by Gasteiger charge is 2.34. The molecule has 1 atom stereocenters. The molecule has 1 saturated carbocycles. The highest BCUT2D eigenvalue weighted by atomic mass is 79.9. The molecule has 0 unspecified atom stereocenters. The highest BCUT2D eigenvalue weighted by Crippen LogP contribution is 2.28. The standard InChI is InChI=1S/C33H40BrN3O4S/c1-24-11-10-12-25(2)32(24)37(42(3,40)41)23-31(38)36(22-27-17-19-28(34)20-18-27)30(21-26-13-6-4-7-14-26)33(39)35-29-15-8-5-9-16-29/h4,6-7,10-14,17-20,29-30H,5,8-9,15-16,21-23H2,1-3H3,(H,35,39)/t30-/m0/s1. The fourth-order valence-corrected chi connectivity index (χ4v) is 6.89. The summed E-state index contributed by atoms with van der Waals surface area (Å²) >= 11 is 3.47. The van der Waals surface area contributed by atoms with Gasteiger partial charge in [-0.3, -0.25) is 13.9 Å². The van der Waals surface area contributed by atoms with Crippen molar-refractivity contribution in [3.8, 4) is 0 Å². The van der Waals surface area contributed by atoms with Gasteiger partial charge in [0.15, 0.2) is 0 Å². The second-order valence-corrected chi connectivity index (χ2v) is 14.0. The molecule has 0 bridgehead atoms. The van der Waals surface area contributed by atoms with E-state index in [9.17, 15) is 18.0 Å². The molecule has 0 heterocycles. The Morgan fingerprint density at radius 1 is 0.881 bits per heavy atom. The van der Waals surface area contributed by atoms with Gasteiger partial charge in [-0.25, -0.2) is 8.42 Å². The summed E-state index contributed by atoms with van der Waals surface area (Å²) in [4.78, 5) is 29.9. The topological polar surface area (TPSA) is 86.8 Å². The SMILES string of the molecule is Cc1cccc(C)c1N(CC(=O)N(Cc1ccc(Br)cc1)[C@@H](Cc1ccccc1)C(=O)NC1CCCCC1)S(C)(=O)=O. The summed E-state index contributed by atoms with van der Waals surface area (Å²) in [6.45, 7) is 3.41. The van der Waals surface area contributed by atoms with Crippen LogP contribution in [-0.4, -0.2) is 50.0 Å². The molecule has 3 aromatic carbocycles. The van der Waals surface area contributed by atoms with E-state index in [1.807, 2.05) is 86.6 Å². The van der Waals surface area contributed by atoms with Crippen LogP contribution in [0, 0.1) is 13.8 Å². The number of amides is 2. The van der Waals surface area contributed by atoms with Crippen molar-refractivity contribution in [1.82, 2.24) is 10.2 Å². The normalized spacial score (nSPS) is 14.7. The lowest BCUT2D eigenvalue weighted by atomic mass is 9.94. The van der Waals surface area contributed by atoms with Crippen LogP contribution < -0.4 is 9.62 Å². The Morgan fingerprint density at radius 2 is 1.50 bits per heavy atom. The van der Waals surface area contributed by atoms with Gasteiger partial charge in [-0.2, -0.15) is 0 Å². The zero-order valence-corrected chi connectivity index (χ0v) is 27.0. The second-order valence-electron chi connectivity index (χ2n) is 11.2. The van der Waals surface area contributed by atoms with Crippen molar-refractivity contribution in [1.29, 1.82) is 0 Å². The molecule has 1 aliphatic carbocycles. The summed E-state index contributed by atoms with van der Waals surface area (Å²) in [6, 6.07) is 22.0. The van der Waals surface area contributed by atoms with Crippen LogP contribution in [0.4, 0.5) is 5.69 Å². The van der Waals surface area contributed by atoms with E-state index in [0.29, 0.717) is 12.1 Å². The van der Waals surface area contributed by atoms with Crippen molar-refractivity contribution < 1.29 is 18.0 Å². The first-order valence-corrected chi connectivity index (χ1v) is 17.1. The molecule has 9 heteroatoms. The van der Waals surface area contributed by atoms with E-state index in [1.165, 1.54) is 4.31 Å². The number of rotatable bonds is 11. The Labute approximate surface area is 258 Å². The maximum absolute atomic E-state index is 14.3. The lowest BCUT2D eigenvalue weighted by molar-refractivity contribution is -0.140. The molecule has 0 spiro atoms. The minimum atomic E-state index is -3.82. The molecule has 1 fully saturated rings. The first-order chi connectivity index (χ1) is 20.0. The maximum atomic E-state index is 14.3. The van der Waals surface area contributed by atoms with E-state index in [2.05, 4.69) is 21.2 Å². The molecule has 0 saturated heterocycles. The van der Waals surface area contributed by atoms with Crippen LogP contribution >= 0.6 is 15.9 Å². The fourth-order valence-electron chi connectivity index (χ4n) is 5.66. The Hall–Kier alpha value is -3.17. The number of aryl methyl sites for hydroxylation is 2. The molecule has 2 amide bonds. The summed E-state index contributed by atoms with van der Waals surface area (Å²) in [6.07, 6.45) is 6.54. The van der Waals surface area contributed by atoms with Gasteiger partial charge in [0.1, 0.15) is 12.6 Å². The van der Waals surface area contributed by atoms with Crippen LogP contribution in [0.15, 0.2) is 77.3 Å². The molecule has 1 aliphatic rings. The number of hydrogen-bond donors (Lipinski definition) is 1. The molecule has 7 nitrogen and oxygen atoms in total. The average Bonchev–Trinajstić information content (AvgIpc) is 2.95. The van der Waals surface area contributed by atoms with Crippen molar-refractivity contribution in [3.05, 3.63) is 99.5 Å². The number of hydrogen-bond acceptors (Lipinski definition) is 4. The number of para-hydroxylation sites is 1. The van der Waals surface area contributed by atoms with Gasteiger partial charge in [0.2, 0.25) is 21.8 Å². The average molecular weight is 655 g/mol. The number of carbonyl (C=O) groups is 2. The van der Waals surface area contributed by atoms with Crippen LogP contribution in [0.2, 0.25) is 0 Å². The quantitative estimate of drug-likeness (QED) is 0.278. The molecule has 224 valence electrons. The van der Waals surface area contributed by atoms with Gasteiger partial charge in [0, 0.05) is 23.5 Å². The summed E-state index contributed by atoms with van der Waals surface area (Å²) in [5, 5.41) is 3.23. The minimum absolute atomic E-state index is 0.0660. The summed E-state index contributed by atoms with van der Waals surface area (Å²) in [7, 11) is -3.82. The molecular weight excluding hydrogens is 614 g/mol. The molecular formula is C33H40BrN3O4S. The third-order valence-electron chi connectivity index (χ3n) is 7.86. The predicted octanol–water partition coefficient (Wildman–Crippen LogP) is 5.92. The Bertz CT molecular complexity index is 1450. The number of sulfonamides is 1. The van der Waals surface area contributed by atoms with Crippen molar-refractivity contribution in [3.63, 3.8) is 0 Å². The van der Waals surface area contributed by atoms with E-state index in [1.54, 1.807) is 4.90 Å². The van der Waals surface area contributed by atoms with Gasteiger partial charge in [0.05, 0.1) is 11.9 Å². The third kappa shape index (κ3) is 8.44. The lowest BCUT2D eigenvalue weighted by Crippen LogP contribution is -2.55. The van der Waals surface area contributed by atoms with Gasteiger partial charge in [0.25, 0.3) is 0 Å². The molecule has 1 N–H and O–H groups in total. The van der Waals surface area contributed by atoms with Gasteiger partial charge < -0.3 is 10.2 Å². The molecule has 42 heavy (non-hydrogen) atoms. The molecule has 0 aromatic heterocycles. The highest BCUT2D eigenvalue weighted by molar-refractivity contribution is 9.10. The predicted molar refractivity (Wildman–Crippen MR) is 172 cm³/mol. The van der Waals surface area contributed by atoms with Crippen molar-refractivity contribution in [2.75, 3.05) is 17.1 Å². The number of carbonyl (C=O) groups excluding carboxylic acids is 2. The van der Waals surface area contributed by atoms with Crippen molar-refractivity contribution >= 4 is 43.5 Å². The smallest absolute Gasteiger partial charge is 0.244 e. The molecule has 3 aromatic rings. The zero-order valence-electron chi connectivity index (χ0n) is 24.6. The van der Waals surface area contributed by atoms with Crippen molar-refractivity contribution in [2.24, 2.45) is 0 Å². The van der Waals surface area contributed by atoms with Crippen molar-refractivity contribution in [2.45, 2.75) is 71.0 Å². The van der Waals surface area contributed by atoms with E-state index in [-0.39, 0.29) is 18.5 Å². The summed E-state index contributed by atoms with van der Waals surface area (Å²) < 4.78 is 28.3. The first kappa shape index (κ1) is 31.8. The van der Waals surface area contributed by atoms with Crippen LogP contribution in [0.1, 0.15) is 54.4 Å². The van der Waals surface area contributed by atoms with E-state index >= 15 is 0 Å². The van der Waals surface area contributed by atoms with Gasteiger partial charge in [-0.05, 0) is 61.1 Å². The Balaban J connectivity index is 1.74. The van der Waals surface area contributed by atoms with Crippen LogP contribution in [-0.2, 0) is 32.6 Å². The van der Waals surface area contributed by atoms with Gasteiger partial charge >= 0.3 is 0 Å². The summed E-state index contributed by atoms with van der Waals surface area (Å²) in [5.74, 6) is -0.653. The fraction of sp³-hybridized carbons (Fsp3) is 0.394. The van der Waals surface area contributed by atoms with E-state index in [4.69, 9.17) is 0 Å². The van der Waals surface area contributed by atoms with Gasteiger partial charge in [-0.1, -0.05) is 95.9 Å². The molecule has 0 radical (unpaired) electrons. The third-order valence-corrected chi connectivity index (χ3v) is 9.50. The van der Waals surface area contributed by atoms with Gasteiger partial charge in [-0.15, -0.1) is 0 Å². The Morgan fingerprint density at radius 3 is 2.10 bits per heavy atom. The second kappa shape index (κ2) is 14.3. The zero-order chi connectivity index (χ0) is 30.3. The van der Waals surface area contributed by atoms with E-state index in [0.717, 1.165) is 65.1 Å². The van der Waals surface area contributed by atoms with E-state index < -0.39 is 28.5 Å². The Kier molecular flexibility index (Phi) is 10.8. The van der Waals surface area contributed by atoms with Crippen LogP contribution in [0.25, 0.3) is 0 Å². The van der Waals surface area contributed by atoms with Crippen LogP contribution in [0.3, 0.4) is 0 Å². The maximum Gasteiger partial charge on any atom is 0.244 e. The number of nitrogens with zero attached hydrogens (tertiary/aromatic N) is 2. The lowest BCUT2D eigenvalue weighted by Gasteiger charge is -2.35. The number of halogens is 1. The largest absolute Gasteiger partial charge is 0.352 e. The van der Waals surface area contributed by atoms with Crippen LogP contribution in [0.5, 0.6) is 0 Å². The number of anilines is 1. The first-order valence-electron chi connectivity index (χ1n) is 14.4. The monoisotopic (exact) mass is 653 g/mol. The number of benzene rings is 3.